The molecule has 25 heavy (non-hydrogen) atoms. The van der Waals surface area contributed by atoms with Crippen LogP contribution < -0.4 is 4.74 Å². The monoisotopic (exact) mass is 334 g/mol. The maximum Gasteiger partial charge on any atom is 0.123 e. The van der Waals surface area contributed by atoms with Gasteiger partial charge in [-0.25, -0.2) is 0 Å². The first-order chi connectivity index (χ1) is 12.3. The number of methoxy groups -OCH3 is 1. The number of pyridine rings is 1. The van der Waals surface area contributed by atoms with Crippen LogP contribution in [0.5, 0.6) is 5.75 Å². The number of hydrogen-bond donors (Lipinski definition) is 0. The van der Waals surface area contributed by atoms with E-state index >= 15 is 0 Å². The highest BCUT2D eigenvalue weighted by Gasteiger charge is 2.23. The second-order valence-corrected chi connectivity index (χ2v) is 6.36. The molecule has 128 valence electrons. The summed E-state index contributed by atoms with van der Waals surface area (Å²) in [6, 6.07) is 18.6. The predicted molar refractivity (Wildman–Crippen MR) is 98.7 cm³/mol. The van der Waals surface area contributed by atoms with Crippen LogP contribution in [0.4, 0.5) is 0 Å². The van der Waals surface area contributed by atoms with Gasteiger partial charge in [0.25, 0.3) is 0 Å². The summed E-state index contributed by atoms with van der Waals surface area (Å²) in [5.41, 5.74) is 2.21. The van der Waals surface area contributed by atoms with Crippen molar-refractivity contribution in [3.63, 3.8) is 0 Å². The Morgan fingerprint density at radius 2 is 1.92 bits per heavy atom. The fourth-order valence-corrected chi connectivity index (χ4v) is 3.38. The normalized spacial score (nSPS) is 18.4. The van der Waals surface area contributed by atoms with Crippen molar-refractivity contribution in [2.45, 2.75) is 12.6 Å². The molecule has 0 saturated carbocycles. The number of hydrogen-bond acceptors (Lipinski definition) is 4. The van der Waals surface area contributed by atoms with Gasteiger partial charge < -0.3 is 9.47 Å². The van der Waals surface area contributed by atoms with E-state index in [0.717, 1.165) is 36.5 Å². The maximum atomic E-state index is 6.00. The molecule has 2 aromatic carbocycles. The molecule has 0 spiro atoms. The molecule has 1 atom stereocenters. The summed E-state index contributed by atoms with van der Waals surface area (Å²) in [5, 5.41) is 2.37. The quantitative estimate of drug-likeness (QED) is 0.726. The largest absolute Gasteiger partial charge is 0.496 e. The summed E-state index contributed by atoms with van der Waals surface area (Å²) in [7, 11) is 1.72. The molecule has 0 bridgehead atoms. The summed E-state index contributed by atoms with van der Waals surface area (Å²) in [5.74, 6) is 0.939. The van der Waals surface area contributed by atoms with Crippen molar-refractivity contribution in [1.82, 2.24) is 9.88 Å². The van der Waals surface area contributed by atoms with Crippen molar-refractivity contribution >= 4 is 10.8 Å². The molecule has 0 radical (unpaired) electrons. The molecular formula is C21H22N2O2. The number of aromatic nitrogens is 1. The zero-order chi connectivity index (χ0) is 17.1. The molecule has 3 aromatic rings. The van der Waals surface area contributed by atoms with Gasteiger partial charge in [-0.3, -0.25) is 9.88 Å². The average molecular weight is 334 g/mol. The van der Waals surface area contributed by atoms with E-state index in [1.54, 1.807) is 7.11 Å². The van der Waals surface area contributed by atoms with Gasteiger partial charge >= 0.3 is 0 Å². The Morgan fingerprint density at radius 3 is 2.80 bits per heavy atom. The van der Waals surface area contributed by atoms with Crippen LogP contribution in [-0.2, 0) is 11.3 Å². The van der Waals surface area contributed by atoms with Crippen LogP contribution in [-0.4, -0.2) is 36.7 Å². The molecule has 1 aliphatic heterocycles. The molecule has 4 rings (SSSR count). The molecule has 1 fully saturated rings. The smallest absolute Gasteiger partial charge is 0.123 e. The van der Waals surface area contributed by atoms with E-state index in [-0.39, 0.29) is 6.10 Å². The molecule has 2 heterocycles. The van der Waals surface area contributed by atoms with E-state index in [9.17, 15) is 0 Å². The van der Waals surface area contributed by atoms with Gasteiger partial charge in [-0.2, -0.15) is 0 Å². The Balaban J connectivity index is 1.52. The molecule has 0 unspecified atom stereocenters. The molecule has 1 aromatic heterocycles. The second kappa shape index (κ2) is 7.21. The standard InChI is InChI=1S/C21H22N2O2/c1-24-20-9-5-4-8-18(20)14-23-10-11-25-21(15-23)19-12-16-6-2-3-7-17(16)13-22-19/h2-9,12-13,21H,10-11,14-15H2,1H3/t21-/m1/s1. The fraction of sp³-hybridized carbons (Fsp3) is 0.286. The van der Waals surface area contributed by atoms with Crippen molar-refractivity contribution in [2.75, 3.05) is 26.8 Å². The third kappa shape index (κ3) is 3.50. The molecule has 1 aliphatic rings. The summed E-state index contributed by atoms with van der Waals surface area (Å²) >= 11 is 0. The first-order valence-corrected chi connectivity index (χ1v) is 8.64. The Morgan fingerprint density at radius 1 is 1.12 bits per heavy atom. The van der Waals surface area contributed by atoms with Crippen LogP contribution >= 0.6 is 0 Å². The van der Waals surface area contributed by atoms with Crippen LogP contribution in [0.15, 0.2) is 60.8 Å². The molecule has 0 amide bonds. The molecule has 0 N–H and O–H groups in total. The Labute approximate surface area is 148 Å². The van der Waals surface area contributed by atoms with Gasteiger partial charge in [0, 0.05) is 36.8 Å². The lowest BCUT2D eigenvalue weighted by atomic mass is 10.1. The summed E-state index contributed by atoms with van der Waals surface area (Å²) in [6.45, 7) is 3.33. The van der Waals surface area contributed by atoms with Crippen molar-refractivity contribution in [1.29, 1.82) is 0 Å². The minimum Gasteiger partial charge on any atom is -0.496 e. The van der Waals surface area contributed by atoms with Crippen molar-refractivity contribution < 1.29 is 9.47 Å². The Kier molecular flexibility index (Phi) is 4.63. The number of morpholine rings is 1. The van der Waals surface area contributed by atoms with Crippen LogP contribution in [0.1, 0.15) is 17.4 Å². The van der Waals surface area contributed by atoms with Gasteiger partial charge in [0.2, 0.25) is 0 Å². The number of ether oxygens (including phenoxy) is 2. The number of nitrogens with zero attached hydrogens (tertiary/aromatic N) is 2. The third-order valence-corrected chi connectivity index (χ3v) is 4.72. The zero-order valence-corrected chi connectivity index (χ0v) is 14.4. The fourth-order valence-electron chi connectivity index (χ4n) is 3.38. The van der Waals surface area contributed by atoms with E-state index in [4.69, 9.17) is 9.47 Å². The highest BCUT2D eigenvalue weighted by molar-refractivity contribution is 5.81. The first kappa shape index (κ1) is 16.1. The zero-order valence-electron chi connectivity index (χ0n) is 14.4. The summed E-state index contributed by atoms with van der Waals surface area (Å²) in [6.07, 6.45) is 1.95. The minimum atomic E-state index is 0.00747. The maximum absolute atomic E-state index is 6.00. The summed E-state index contributed by atoms with van der Waals surface area (Å²) < 4.78 is 11.5. The molecular weight excluding hydrogens is 312 g/mol. The van der Waals surface area contributed by atoms with Gasteiger partial charge in [-0.15, -0.1) is 0 Å². The lowest BCUT2D eigenvalue weighted by molar-refractivity contribution is -0.0350. The minimum absolute atomic E-state index is 0.00747. The Bertz CT molecular complexity index is 865. The van der Waals surface area contributed by atoms with Crippen LogP contribution in [0, 0.1) is 0 Å². The van der Waals surface area contributed by atoms with E-state index in [1.807, 2.05) is 24.4 Å². The lowest BCUT2D eigenvalue weighted by Gasteiger charge is -2.33. The first-order valence-electron chi connectivity index (χ1n) is 8.64. The Hall–Kier alpha value is -2.43. The van der Waals surface area contributed by atoms with Gasteiger partial charge in [-0.1, -0.05) is 42.5 Å². The van der Waals surface area contributed by atoms with Crippen molar-refractivity contribution in [3.8, 4) is 5.75 Å². The van der Waals surface area contributed by atoms with Gasteiger partial charge in [0.05, 0.1) is 19.4 Å². The SMILES string of the molecule is COc1ccccc1CN1CCO[C@@H](c2cc3ccccc3cn2)C1. The highest BCUT2D eigenvalue weighted by Crippen LogP contribution is 2.26. The van der Waals surface area contributed by atoms with Gasteiger partial charge in [-0.05, 0) is 17.5 Å². The highest BCUT2D eigenvalue weighted by atomic mass is 16.5. The van der Waals surface area contributed by atoms with Gasteiger partial charge in [0.15, 0.2) is 0 Å². The van der Waals surface area contributed by atoms with Crippen LogP contribution in [0.2, 0.25) is 0 Å². The number of fused-ring (bicyclic) bond motifs is 1. The average Bonchev–Trinajstić information content (AvgIpc) is 2.68. The third-order valence-electron chi connectivity index (χ3n) is 4.72. The van der Waals surface area contributed by atoms with Gasteiger partial charge in [0.1, 0.15) is 11.9 Å². The van der Waals surface area contributed by atoms with E-state index in [0.29, 0.717) is 6.61 Å². The topological polar surface area (TPSA) is 34.6 Å². The number of benzene rings is 2. The number of rotatable bonds is 4. The molecule has 4 nitrogen and oxygen atoms in total. The van der Waals surface area contributed by atoms with Crippen LogP contribution in [0.3, 0.4) is 0 Å². The molecule has 0 aliphatic carbocycles. The van der Waals surface area contributed by atoms with Crippen molar-refractivity contribution in [3.05, 3.63) is 72.1 Å². The van der Waals surface area contributed by atoms with E-state index in [1.165, 1.54) is 10.9 Å². The van der Waals surface area contributed by atoms with Crippen LogP contribution in [0.25, 0.3) is 10.8 Å². The lowest BCUT2D eigenvalue weighted by Crippen LogP contribution is -2.38. The molecule has 4 heteroatoms. The molecule has 1 saturated heterocycles. The number of para-hydroxylation sites is 1. The predicted octanol–water partition coefficient (Wildman–Crippen LogP) is 3.82. The summed E-state index contributed by atoms with van der Waals surface area (Å²) in [4.78, 5) is 7.04. The van der Waals surface area contributed by atoms with E-state index < -0.39 is 0 Å². The van der Waals surface area contributed by atoms with Crippen molar-refractivity contribution in [2.24, 2.45) is 0 Å². The van der Waals surface area contributed by atoms with E-state index in [2.05, 4.69) is 46.3 Å². The second-order valence-electron chi connectivity index (χ2n) is 6.36.